The highest BCUT2D eigenvalue weighted by atomic mass is 35.5. The Morgan fingerprint density at radius 2 is 1.95 bits per heavy atom. The van der Waals surface area contributed by atoms with Crippen molar-refractivity contribution in [2.75, 3.05) is 5.32 Å². The second-order valence-electron chi connectivity index (χ2n) is 4.82. The predicted molar refractivity (Wildman–Crippen MR) is 81.8 cm³/mol. The molecule has 1 atom stereocenters. The molecule has 6 heteroatoms. The molecule has 1 amide bonds. The molecule has 108 valence electrons. The molecule has 2 rings (SSSR count). The van der Waals surface area contributed by atoms with Gasteiger partial charge in [0.1, 0.15) is 5.54 Å². The number of carbonyl (C=O) groups is 1. The maximum Gasteiger partial charge on any atom is 0.249 e. The number of aryl methyl sites for hydroxylation is 2. The van der Waals surface area contributed by atoms with E-state index in [1.807, 2.05) is 44.3 Å². The number of carbonyl (C=O) groups excluding carboxylic acids is 1. The van der Waals surface area contributed by atoms with E-state index in [4.69, 9.17) is 5.73 Å². The van der Waals surface area contributed by atoms with Gasteiger partial charge >= 0.3 is 0 Å². The zero-order valence-corrected chi connectivity index (χ0v) is 12.6. The van der Waals surface area contributed by atoms with Gasteiger partial charge in [0.25, 0.3) is 0 Å². The van der Waals surface area contributed by atoms with Crippen molar-refractivity contribution >= 4 is 24.1 Å². The van der Waals surface area contributed by atoms with Gasteiger partial charge in [0, 0.05) is 18.8 Å². The van der Waals surface area contributed by atoms with Crippen molar-refractivity contribution in [3.63, 3.8) is 0 Å². The first-order valence-electron chi connectivity index (χ1n) is 6.08. The van der Waals surface area contributed by atoms with Crippen molar-refractivity contribution in [2.45, 2.75) is 19.4 Å². The number of rotatable bonds is 3. The second kappa shape index (κ2) is 6.07. The average molecular weight is 295 g/mol. The lowest BCUT2D eigenvalue weighted by atomic mass is 9.92. The minimum Gasteiger partial charge on any atom is -0.314 e. The number of nitrogens with one attached hydrogen (secondary N) is 1. The molecule has 0 aliphatic rings. The molecule has 0 radical (unpaired) electrons. The predicted octanol–water partition coefficient (Wildman–Crippen LogP) is 1.96. The summed E-state index contributed by atoms with van der Waals surface area (Å²) in [4.78, 5) is 12.3. The van der Waals surface area contributed by atoms with Crippen LogP contribution < -0.4 is 11.1 Å². The summed E-state index contributed by atoms with van der Waals surface area (Å²) in [7, 11) is 1.82. The fraction of sp³-hybridized carbons (Fsp3) is 0.286. The van der Waals surface area contributed by atoms with Crippen molar-refractivity contribution in [1.82, 2.24) is 9.78 Å². The molecule has 2 aromatic rings. The fourth-order valence-corrected chi connectivity index (χ4v) is 1.78. The molecule has 0 saturated carbocycles. The Kier molecular flexibility index (Phi) is 4.92. The van der Waals surface area contributed by atoms with Crippen LogP contribution in [0.2, 0.25) is 0 Å². The molecule has 0 bridgehead atoms. The standard InChI is InChI=1S/C14H18N4O.ClH/c1-10-9-12(17-18(10)3)16-13(19)14(2,15)11-7-5-4-6-8-11;/h4-9H,15H2,1-3H3,(H,16,17,19);1H. The zero-order valence-electron chi connectivity index (χ0n) is 11.8. The first-order chi connectivity index (χ1) is 8.91. The summed E-state index contributed by atoms with van der Waals surface area (Å²) >= 11 is 0. The van der Waals surface area contributed by atoms with Crippen LogP contribution in [0.25, 0.3) is 0 Å². The Balaban J connectivity index is 0.00000200. The Hall–Kier alpha value is -1.85. The first kappa shape index (κ1) is 16.2. The summed E-state index contributed by atoms with van der Waals surface area (Å²) < 4.78 is 1.70. The average Bonchev–Trinajstić information content (AvgIpc) is 2.69. The van der Waals surface area contributed by atoms with Crippen LogP contribution in [0.3, 0.4) is 0 Å². The summed E-state index contributed by atoms with van der Waals surface area (Å²) in [6.07, 6.45) is 0. The highest BCUT2D eigenvalue weighted by Gasteiger charge is 2.30. The van der Waals surface area contributed by atoms with Crippen molar-refractivity contribution in [3.05, 3.63) is 47.7 Å². The van der Waals surface area contributed by atoms with E-state index in [9.17, 15) is 4.79 Å². The molecule has 0 aliphatic carbocycles. The van der Waals surface area contributed by atoms with Gasteiger partial charge in [-0.15, -0.1) is 12.4 Å². The van der Waals surface area contributed by atoms with E-state index in [1.54, 1.807) is 17.7 Å². The third-order valence-electron chi connectivity index (χ3n) is 3.20. The highest BCUT2D eigenvalue weighted by molar-refractivity contribution is 5.97. The van der Waals surface area contributed by atoms with Crippen molar-refractivity contribution in [1.29, 1.82) is 0 Å². The number of aromatic nitrogens is 2. The van der Waals surface area contributed by atoms with Crippen molar-refractivity contribution in [3.8, 4) is 0 Å². The normalized spacial score (nSPS) is 13.2. The van der Waals surface area contributed by atoms with E-state index in [-0.39, 0.29) is 18.3 Å². The molecule has 20 heavy (non-hydrogen) atoms. The van der Waals surface area contributed by atoms with Gasteiger partial charge in [0.2, 0.25) is 5.91 Å². The van der Waals surface area contributed by atoms with Gasteiger partial charge in [0.05, 0.1) is 0 Å². The number of benzene rings is 1. The van der Waals surface area contributed by atoms with Crippen LogP contribution in [0, 0.1) is 6.92 Å². The van der Waals surface area contributed by atoms with Gasteiger partial charge in [0.15, 0.2) is 5.82 Å². The van der Waals surface area contributed by atoms with Gasteiger partial charge in [-0.3, -0.25) is 9.48 Å². The molecule has 0 aliphatic heterocycles. The largest absolute Gasteiger partial charge is 0.314 e. The lowest BCUT2D eigenvalue weighted by Crippen LogP contribution is -2.45. The summed E-state index contributed by atoms with van der Waals surface area (Å²) in [5.41, 5.74) is 6.77. The number of hydrogen-bond donors (Lipinski definition) is 2. The molecular formula is C14H19ClN4O. The van der Waals surface area contributed by atoms with Gasteiger partial charge in [-0.2, -0.15) is 5.10 Å². The summed E-state index contributed by atoms with van der Waals surface area (Å²) in [5, 5.41) is 6.93. The minimum atomic E-state index is -1.09. The highest BCUT2D eigenvalue weighted by Crippen LogP contribution is 2.19. The van der Waals surface area contributed by atoms with Gasteiger partial charge in [-0.05, 0) is 19.4 Å². The van der Waals surface area contributed by atoms with Crippen LogP contribution in [0.5, 0.6) is 0 Å². The second-order valence-corrected chi connectivity index (χ2v) is 4.82. The number of hydrogen-bond acceptors (Lipinski definition) is 3. The van der Waals surface area contributed by atoms with Crippen LogP contribution in [-0.4, -0.2) is 15.7 Å². The minimum absolute atomic E-state index is 0. The lowest BCUT2D eigenvalue weighted by molar-refractivity contribution is -0.120. The maximum atomic E-state index is 12.3. The molecular weight excluding hydrogens is 276 g/mol. The SMILES string of the molecule is Cc1cc(NC(=O)C(C)(N)c2ccccc2)nn1C.Cl. The summed E-state index contributed by atoms with van der Waals surface area (Å²) in [6, 6.07) is 11.1. The number of nitrogens with zero attached hydrogens (tertiary/aromatic N) is 2. The molecule has 1 aromatic heterocycles. The number of anilines is 1. The maximum absolute atomic E-state index is 12.3. The molecule has 1 aromatic carbocycles. The molecule has 1 unspecified atom stereocenters. The van der Waals surface area contributed by atoms with E-state index < -0.39 is 5.54 Å². The molecule has 1 heterocycles. The number of nitrogens with two attached hydrogens (primary N) is 1. The third kappa shape index (κ3) is 3.18. The van der Waals surface area contributed by atoms with Crippen molar-refractivity contribution < 1.29 is 4.79 Å². The monoisotopic (exact) mass is 294 g/mol. The van der Waals surface area contributed by atoms with Crippen LogP contribution in [0.1, 0.15) is 18.2 Å². The van der Waals surface area contributed by atoms with Gasteiger partial charge in [-0.1, -0.05) is 30.3 Å². The van der Waals surface area contributed by atoms with E-state index in [1.165, 1.54) is 0 Å². The lowest BCUT2D eigenvalue weighted by Gasteiger charge is -2.23. The Bertz CT molecular complexity index is 573. The Morgan fingerprint density at radius 1 is 1.35 bits per heavy atom. The smallest absolute Gasteiger partial charge is 0.249 e. The van der Waals surface area contributed by atoms with Gasteiger partial charge in [-0.25, -0.2) is 0 Å². The topological polar surface area (TPSA) is 72.9 Å². The fourth-order valence-electron chi connectivity index (χ4n) is 1.78. The van der Waals surface area contributed by atoms with E-state index >= 15 is 0 Å². The van der Waals surface area contributed by atoms with Crippen molar-refractivity contribution in [2.24, 2.45) is 12.8 Å². The van der Waals surface area contributed by atoms with Crippen LogP contribution in [-0.2, 0) is 17.4 Å². The van der Waals surface area contributed by atoms with Crippen LogP contribution in [0.4, 0.5) is 5.82 Å². The number of amides is 1. The summed E-state index contributed by atoms with van der Waals surface area (Å²) in [6.45, 7) is 3.61. The number of halogens is 1. The zero-order chi connectivity index (χ0) is 14.0. The quantitative estimate of drug-likeness (QED) is 0.909. The molecule has 3 N–H and O–H groups in total. The van der Waals surface area contributed by atoms with E-state index in [0.29, 0.717) is 5.82 Å². The van der Waals surface area contributed by atoms with Crippen LogP contribution in [0.15, 0.2) is 36.4 Å². The Labute approximate surface area is 124 Å². The summed E-state index contributed by atoms with van der Waals surface area (Å²) in [5.74, 6) is 0.231. The molecule has 5 nitrogen and oxygen atoms in total. The molecule has 0 spiro atoms. The Morgan fingerprint density at radius 3 is 2.45 bits per heavy atom. The third-order valence-corrected chi connectivity index (χ3v) is 3.20. The van der Waals surface area contributed by atoms with Crippen LogP contribution >= 0.6 is 12.4 Å². The molecule has 0 fully saturated rings. The van der Waals surface area contributed by atoms with E-state index in [0.717, 1.165) is 11.3 Å². The first-order valence-corrected chi connectivity index (χ1v) is 6.08. The molecule has 0 saturated heterocycles. The van der Waals surface area contributed by atoms with Gasteiger partial charge < -0.3 is 11.1 Å². The van der Waals surface area contributed by atoms with E-state index in [2.05, 4.69) is 10.4 Å².